The van der Waals surface area contributed by atoms with Crippen LogP contribution >= 0.6 is 0 Å². The van der Waals surface area contributed by atoms with Crippen molar-refractivity contribution in [2.45, 2.75) is 26.2 Å². The van der Waals surface area contributed by atoms with E-state index in [0.29, 0.717) is 13.2 Å². The molecule has 0 spiro atoms. The highest BCUT2D eigenvalue weighted by Crippen LogP contribution is 2.25. The van der Waals surface area contributed by atoms with E-state index in [1.54, 1.807) is 7.11 Å². The highest BCUT2D eigenvalue weighted by molar-refractivity contribution is 5.41. The average Bonchev–Trinajstić information content (AvgIpc) is 2.59. The van der Waals surface area contributed by atoms with Gasteiger partial charge in [0.2, 0.25) is 0 Å². The molecule has 0 radical (unpaired) electrons. The lowest BCUT2D eigenvalue weighted by Gasteiger charge is -2.30. The lowest BCUT2D eigenvalue weighted by atomic mass is 10.0. The summed E-state index contributed by atoms with van der Waals surface area (Å²) in [5.74, 6) is 2.54. The van der Waals surface area contributed by atoms with Crippen LogP contribution in [0.1, 0.15) is 25.3 Å². The molecule has 0 aromatic heterocycles. The Kier molecular flexibility index (Phi) is 8.13. The normalized spacial score (nSPS) is 18.3. The van der Waals surface area contributed by atoms with Gasteiger partial charge in [0, 0.05) is 18.7 Å². The molecule has 1 aliphatic rings. The third-order valence-electron chi connectivity index (χ3n) is 4.41. The molecule has 1 aromatic rings. The molecule has 1 fully saturated rings. The van der Waals surface area contributed by atoms with Crippen LogP contribution in [-0.4, -0.2) is 51.5 Å². The van der Waals surface area contributed by atoms with Crippen LogP contribution in [0, 0.1) is 5.92 Å². The van der Waals surface area contributed by atoms with Gasteiger partial charge in [0.15, 0.2) is 0 Å². The first-order valence-electron chi connectivity index (χ1n) is 8.93. The van der Waals surface area contributed by atoms with Crippen LogP contribution in [-0.2, 0) is 11.2 Å². The maximum atomic E-state index is 5.86. The zero-order chi connectivity index (χ0) is 17.2. The highest BCUT2D eigenvalue weighted by Gasteiger charge is 2.15. The molecule has 0 saturated carbocycles. The van der Waals surface area contributed by atoms with Crippen molar-refractivity contribution in [2.75, 3.05) is 46.6 Å². The van der Waals surface area contributed by atoms with Crippen LogP contribution < -0.4 is 9.47 Å². The number of ether oxygens (including phenoxy) is 3. The van der Waals surface area contributed by atoms with Gasteiger partial charge >= 0.3 is 0 Å². The second-order valence-electron chi connectivity index (χ2n) is 6.48. The maximum absolute atomic E-state index is 5.86. The Morgan fingerprint density at radius 1 is 1.29 bits per heavy atom. The van der Waals surface area contributed by atoms with E-state index >= 15 is 0 Å². The van der Waals surface area contributed by atoms with Crippen molar-refractivity contribution in [3.8, 4) is 11.5 Å². The maximum Gasteiger partial charge on any atom is 0.123 e. The fraction of sp³-hybridized carbons (Fsp3) is 0.600. The molecule has 4 nitrogen and oxygen atoms in total. The quantitative estimate of drug-likeness (QED) is 0.484. The molecule has 1 saturated heterocycles. The zero-order valence-electron chi connectivity index (χ0n) is 15.1. The minimum atomic E-state index is 0.562. The molecule has 1 aliphatic heterocycles. The second-order valence-corrected chi connectivity index (χ2v) is 6.48. The molecule has 134 valence electrons. The number of piperidine rings is 1. The van der Waals surface area contributed by atoms with E-state index in [0.717, 1.165) is 42.6 Å². The molecule has 0 unspecified atom stereocenters. The van der Waals surface area contributed by atoms with E-state index < -0.39 is 0 Å². The molecular formula is C20H31NO3. The number of rotatable bonds is 10. The molecule has 0 N–H and O–H groups in total. The summed E-state index contributed by atoms with van der Waals surface area (Å²) >= 11 is 0. The van der Waals surface area contributed by atoms with Crippen molar-refractivity contribution >= 4 is 0 Å². The lowest BCUT2D eigenvalue weighted by molar-refractivity contribution is 0.0687. The fourth-order valence-electron chi connectivity index (χ4n) is 3.13. The van der Waals surface area contributed by atoms with Gasteiger partial charge in [-0.2, -0.15) is 0 Å². The Morgan fingerprint density at radius 3 is 2.92 bits per heavy atom. The molecule has 2 rings (SSSR count). The number of benzene rings is 1. The fourth-order valence-corrected chi connectivity index (χ4v) is 3.13. The SMILES string of the molecule is C=CCc1cc(OC)ccc1OCCOCCN1CCC[C@H](C)C1. The number of hydrogen-bond acceptors (Lipinski definition) is 4. The standard InChI is InChI=1S/C20H31NO3/c1-4-6-18-15-19(22-3)8-9-20(18)24-14-13-23-12-11-21-10-5-7-17(2)16-21/h4,8-9,15,17H,1,5-7,10-14,16H2,2-3H3/t17-/m0/s1. The van der Waals surface area contributed by atoms with Crippen LogP contribution in [0.2, 0.25) is 0 Å². The van der Waals surface area contributed by atoms with Gasteiger partial charge in [-0.3, -0.25) is 0 Å². The number of methoxy groups -OCH3 is 1. The van der Waals surface area contributed by atoms with E-state index in [1.807, 2.05) is 24.3 Å². The molecule has 1 atom stereocenters. The summed E-state index contributed by atoms with van der Waals surface area (Å²) < 4.78 is 16.8. The van der Waals surface area contributed by atoms with Crippen LogP contribution in [0.3, 0.4) is 0 Å². The van der Waals surface area contributed by atoms with Crippen molar-refractivity contribution in [3.05, 3.63) is 36.4 Å². The lowest BCUT2D eigenvalue weighted by Crippen LogP contribution is -2.36. The van der Waals surface area contributed by atoms with Gasteiger partial charge in [0.05, 0.1) is 20.3 Å². The summed E-state index contributed by atoms with van der Waals surface area (Å²) in [4.78, 5) is 2.50. The molecular weight excluding hydrogens is 302 g/mol. The van der Waals surface area contributed by atoms with Crippen molar-refractivity contribution in [1.82, 2.24) is 4.90 Å². The Balaban J connectivity index is 1.65. The Bertz CT molecular complexity index is 504. The van der Waals surface area contributed by atoms with Crippen LogP contribution in [0.4, 0.5) is 0 Å². The van der Waals surface area contributed by atoms with Crippen LogP contribution in [0.15, 0.2) is 30.9 Å². The molecule has 24 heavy (non-hydrogen) atoms. The van der Waals surface area contributed by atoms with Crippen molar-refractivity contribution in [2.24, 2.45) is 5.92 Å². The van der Waals surface area contributed by atoms with Gasteiger partial charge in [-0.1, -0.05) is 13.0 Å². The summed E-state index contributed by atoms with van der Waals surface area (Å²) in [6.45, 7) is 11.5. The molecule has 4 heteroatoms. The zero-order valence-corrected chi connectivity index (χ0v) is 15.1. The summed E-state index contributed by atoms with van der Waals surface area (Å²) in [6.07, 6.45) is 5.31. The monoisotopic (exact) mass is 333 g/mol. The van der Waals surface area contributed by atoms with Crippen LogP contribution in [0.25, 0.3) is 0 Å². The molecule has 0 amide bonds. The van der Waals surface area contributed by atoms with Gasteiger partial charge in [0.25, 0.3) is 0 Å². The third-order valence-corrected chi connectivity index (χ3v) is 4.41. The third kappa shape index (κ3) is 6.17. The minimum absolute atomic E-state index is 0.562. The summed E-state index contributed by atoms with van der Waals surface area (Å²) in [6, 6.07) is 5.86. The van der Waals surface area contributed by atoms with Crippen LogP contribution in [0.5, 0.6) is 11.5 Å². The summed E-state index contributed by atoms with van der Waals surface area (Å²) in [5, 5.41) is 0. The van der Waals surface area contributed by atoms with Gasteiger partial charge in [-0.15, -0.1) is 6.58 Å². The summed E-state index contributed by atoms with van der Waals surface area (Å²) in [5.41, 5.74) is 1.09. The van der Waals surface area contributed by atoms with E-state index in [-0.39, 0.29) is 0 Å². The first-order chi connectivity index (χ1) is 11.7. The number of allylic oxidation sites excluding steroid dienone is 1. The first kappa shape index (κ1) is 18.8. The average molecular weight is 333 g/mol. The second kappa shape index (κ2) is 10.4. The Labute approximate surface area is 146 Å². The van der Waals surface area contributed by atoms with E-state index in [4.69, 9.17) is 14.2 Å². The largest absolute Gasteiger partial charge is 0.497 e. The number of hydrogen-bond donors (Lipinski definition) is 0. The van der Waals surface area contributed by atoms with E-state index in [1.165, 1.54) is 25.9 Å². The smallest absolute Gasteiger partial charge is 0.123 e. The predicted octanol–water partition coefficient (Wildman–Crippen LogP) is 3.55. The minimum Gasteiger partial charge on any atom is -0.497 e. The molecule has 1 heterocycles. The number of likely N-dealkylation sites (tertiary alicyclic amines) is 1. The predicted molar refractivity (Wildman–Crippen MR) is 98.0 cm³/mol. The van der Waals surface area contributed by atoms with Gasteiger partial charge < -0.3 is 19.1 Å². The van der Waals surface area contributed by atoms with Gasteiger partial charge in [-0.05, 0) is 49.9 Å². The molecule has 0 aliphatic carbocycles. The van der Waals surface area contributed by atoms with Crippen molar-refractivity contribution in [3.63, 3.8) is 0 Å². The topological polar surface area (TPSA) is 30.9 Å². The van der Waals surface area contributed by atoms with E-state index in [9.17, 15) is 0 Å². The molecule has 1 aromatic carbocycles. The Morgan fingerprint density at radius 2 is 2.17 bits per heavy atom. The van der Waals surface area contributed by atoms with E-state index in [2.05, 4.69) is 18.4 Å². The molecule has 0 bridgehead atoms. The number of nitrogens with zero attached hydrogens (tertiary/aromatic N) is 1. The van der Waals surface area contributed by atoms with Gasteiger partial charge in [-0.25, -0.2) is 0 Å². The van der Waals surface area contributed by atoms with Gasteiger partial charge in [0.1, 0.15) is 18.1 Å². The van der Waals surface area contributed by atoms with Crippen molar-refractivity contribution in [1.29, 1.82) is 0 Å². The highest BCUT2D eigenvalue weighted by atomic mass is 16.5. The summed E-state index contributed by atoms with van der Waals surface area (Å²) in [7, 11) is 1.67. The first-order valence-corrected chi connectivity index (χ1v) is 8.93. The Hall–Kier alpha value is -1.52. The van der Waals surface area contributed by atoms with Crippen molar-refractivity contribution < 1.29 is 14.2 Å².